The van der Waals surface area contributed by atoms with Gasteiger partial charge in [-0.25, -0.2) is 0 Å². The average molecular weight is 192 g/mol. The first kappa shape index (κ1) is 10.6. The highest BCUT2D eigenvalue weighted by Crippen LogP contribution is 2.16. The predicted octanol–water partition coefficient (Wildman–Crippen LogP) is 1.91. The molecule has 0 heterocycles. The van der Waals surface area contributed by atoms with E-state index in [1.165, 1.54) is 0 Å². The number of carbonyl (C=O) groups is 1. The Balaban J connectivity index is 2.95. The third-order valence-electron chi connectivity index (χ3n) is 1.96. The SMILES string of the molecule is Cc1cc(C(N)=O)ccc1NC(C)C. The maximum absolute atomic E-state index is 10.9. The summed E-state index contributed by atoms with van der Waals surface area (Å²) in [4.78, 5) is 10.9. The summed E-state index contributed by atoms with van der Waals surface area (Å²) >= 11 is 0. The molecular weight excluding hydrogens is 176 g/mol. The zero-order chi connectivity index (χ0) is 10.7. The number of anilines is 1. The van der Waals surface area contributed by atoms with Gasteiger partial charge in [0.1, 0.15) is 0 Å². The third kappa shape index (κ3) is 2.49. The van der Waals surface area contributed by atoms with Crippen LogP contribution < -0.4 is 11.1 Å². The first-order chi connectivity index (χ1) is 6.50. The van der Waals surface area contributed by atoms with Crippen LogP contribution in [0, 0.1) is 6.92 Å². The second-order valence-corrected chi connectivity index (χ2v) is 3.69. The van der Waals surface area contributed by atoms with E-state index in [1.54, 1.807) is 12.1 Å². The van der Waals surface area contributed by atoms with Gasteiger partial charge in [0.25, 0.3) is 0 Å². The largest absolute Gasteiger partial charge is 0.383 e. The quantitative estimate of drug-likeness (QED) is 0.768. The standard InChI is InChI=1S/C11H16N2O/c1-7(2)13-10-5-4-9(11(12)14)6-8(10)3/h4-7,13H,1-3H3,(H2,12,14). The van der Waals surface area contributed by atoms with E-state index in [0.29, 0.717) is 11.6 Å². The molecule has 0 saturated carbocycles. The van der Waals surface area contributed by atoms with Crippen LogP contribution in [-0.2, 0) is 0 Å². The van der Waals surface area contributed by atoms with Crippen LogP contribution >= 0.6 is 0 Å². The molecule has 3 nitrogen and oxygen atoms in total. The normalized spacial score (nSPS) is 10.3. The van der Waals surface area contributed by atoms with Gasteiger partial charge in [0, 0.05) is 17.3 Å². The van der Waals surface area contributed by atoms with Gasteiger partial charge < -0.3 is 11.1 Å². The first-order valence-corrected chi connectivity index (χ1v) is 4.67. The molecule has 76 valence electrons. The number of primary amides is 1. The molecule has 3 N–H and O–H groups in total. The van der Waals surface area contributed by atoms with E-state index < -0.39 is 0 Å². The van der Waals surface area contributed by atoms with Crippen LogP contribution in [0.2, 0.25) is 0 Å². The topological polar surface area (TPSA) is 55.1 Å². The van der Waals surface area contributed by atoms with E-state index in [0.717, 1.165) is 11.3 Å². The minimum atomic E-state index is -0.385. The lowest BCUT2D eigenvalue weighted by Crippen LogP contribution is -2.13. The lowest BCUT2D eigenvalue weighted by molar-refractivity contribution is 0.100. The number of nitrogens with two attached hydrogens (primary N) is 1. The second kappa shape index (κ2) is 4.13. The van der Waals surface area contributed by atoms with Gasteiger partial charge in [0.15, 0.2) is 0 Å². The number of amides is 1. The molecule has 0 saturated heterocycles. The molecule has 0 spiro atoms. The van der Waals surface area contributed by atoms with E-state index in [2.05, 4.69) is 19.2 Å². The van der Waals surface area contributed by atoms with Gasteiger partial charge in [-0.1, -0.05) is 0 Å². The smallest absolute Gasteiger partial charge is 0.248 e. The van der Waals surface area contributed by atoms with Gasteiger partial charge in [0.05, 0.1) is 0 Å². The molecule has 0 aliphatic rings. The Hall–Kier alpha value is -1.51. The number of hydrogen-bond donors (Lipinski definition) is 2. The van der Waals surface area contributed by atoms with Crippen molar-refractivity contribution < 1.29 is 4.79 Å². The van der Waals surface area contributed by atoms with Crippen molar-refractivity contribution in [2.45, 2.75) is 26.8 Å². The lowest BCUT2D eigenvalue weighted by Gasteiger charge is -2.13. The second-order valence-electron chi connectivity index (χ2n) is 3.69. The molecule has 1 rings (SSSR count). The highest BCUT2D eigenvalue weighted by Gasteiger charge is 2.04. The summed E-state index contributed by atoms with van der Waals surface area (Å²) in [7, 11) is 0. The van der Waals surface area contributed by atoms with Gasteiger partial charge >= 0.3 is 0 Å². The molecule has 0 unspecified atom stereocenters. The summed E-state index contributed by atoms with van der Waals surface area (Å²) in [6.45, 7) is 6.10. The Morgan fingerprint density at radius 1 is 1.43 bits per heavy atom. The Bertz CT molecular complexity index is 345. The highest BCUT2D eigenvalue weighted by atomic mass is 16.1. The molecule has 1 aromatic rings. The summed E-state index contributed by atoms with van der Waals surface area (Å²) in [5.41, 5.74) is 7.81. The van der Waals surface area contributed by atoms with Crippen molar-refractivity contribution in [3.05, 3.63) is 29.3 Å². The summed E-state index contributed by atoms with van der Waals surface area (Å²) in [6.07, 6.45) is 0. The van der Waals surface area contributed by atoms with E-state index in [-0.39, 0.29) is 5.91 Å². The molecule has 1 amide bonds. The number of aryl methyl sites for hydroxylation is 1. The van der Waals surface area contributed by atoms with Gasteiger partial charge in [-0.2, -0.15) is 0 Å². The number of hydrogen-bond acceptors (Lipinski definition) is 2. The monoisotopic (exact) mass is 192 g/mol. The third-order valence-corrected chi connectivity index (χ3v) is 1.96. The van der Waals surface area contributed by atoms with Crippen molar-refractivity contribution in [1.29, 1.82) is 0 Å². The minimum Gasteiger partial charge on any atom is -0.383 e. The number of rotatable bonds is 3. The Labute approximate surface area is 84.3 Å². The van der Waals surface area contributed by atoms with Crippen LogP contribution in [0.5, 0.6) is 0 Å². The van der Waals surface area contributed by atoms with Crippen molar-refractivity contribution >= 4 is 11.6 Å². The summed E-state index contributed by atoms with van der Waals surface area (Å²) < 4.78 is 0. The zero-order valence-electron chi connectivity index (χ0n) is 8.79. The lowest BCUT2D eigenvalue weighted by atomic mass is 10.1. The minimum absolute atomic E-state index is 0.383. The Kier molecular flexibility index (Phi) is 3.12. The van der Waals surface area contributed by atoms with Crippen LogP contribution in [0.15, 0.2) is 18.2 Å². The molecule has 0 aliphatic heterocycles. The van der Waals surface area contributed by atoms with Crippen molar-refractivity contribution in [2.75, 3.05) is 5.32 Å². The van der Waals surface area contributed by atoms with E-state index in [9.17, 15) is 4.79 Å². The van der Waals surface area contributed by atoms with Gasteiger partial charge in [-0.3, -0.25) is 4.79 Å². The first-order valence-electron chi connectivity index (χ1n) is 4.67. The average Bonchev–Trinajstić information content (AvgIpc) is 2.07. The van der Waals surface area contributed by atoms with Gasteiger partial charge in [-0.05, 0) is 44.5 Å². The van der Waals surface area contributed by atoms with Gasteiger partial charge in [0.2, 0.25) is 5.91 Å². The van der Waals surface area contributed by atoms with Crippen molar-refractivity contribution in [3.63, 3.8) is 0 Å². The van der Waals surface area contributed by atoms with E-state index >= 15 is 0 Å². The van der Waals surface area contributed by atoms with Crippen LogP contribution in [0.1, 0.15) is 29.8 Å². The maximum atomic E-state index is 10.9. The fourth-order valence-corrected chi connectivity index (χ4v) is 1.29. The number of nitrogens with one attached hydrogen (secondary N) is 1. The molecule has 0 aromatic heterocycles. The van der Waals surface area contributed by atoms with Crippen molar-refractivity contribution in [2.24, 2.45) is 5.73 Å². The molecule has 0 fully saturated rings. The molecular formula is C11H16N2O. The molecule has 0 bridgehead atoms. The number of benzene rings is 1. The van der Waals surface area contributed by atoms with Crippen LogP contribution in [0.4, 0.5) is 5.69 Å². The fraction of sp³-hybridized carbons (Fsp3) is 0.364. The van der Waals surface area contributed by atoms with Crippen LogP contribution in [0.25, 0.3) is 0 Å². The van der Waals surface area contributed by atoms with Crippen molar-refractivity contribution in [3.8, 4) is 0 Å². The number of carbonyl (C=O) groups excluding carboxylic acids is 1. The van der Waals surface area contributed by atoms with Gasteiger partial charge in [-0.15, -0.1) is 0 Å². The van der Waals surface area contributed by atoms with Crippen molar-refractivity contribution in [1.82, 2.24) is 0 Å². The molecule has 14 heavy (non-hydrogen) atoms. The fourth-order valence-electron chi connectivity index (χ4n) is 1.29. The summed E-state index contributed by atoms with van der Waals surface area (Å²) in [6, 6.07) is 5.80. The maximum Gasteiger partial charge on any atom is 0.248 e. The van der Waals surface area contributed by atoms with E-state index in [4.69, 9.17) is 5.73 Å². The predicted molar refractivity (Wildman–Crippen MR) is 58.5 cm³/mol. The molecule has 1 aromatic carbocycles. The zero-order valence-corrected chi connectivity index (χ0v) is 8.79. The van der Waals surface area contributed by atoms with Crippen LogP contribution in [-0.4, -0.2) is 11.9 Å². The molecule has 0 aliphatic carbocycles. The van der Waals surface area contributed by atoms with Crippen LogP contribution in [0.3, 0.4) is 0 Å². The Morgan fingerprint density at radius 3 is 2.50 bits per heavy atom. The summed E-state index contributed by atoms with van der Waals surface area (Å²) in [5.74, 6) is -0.385. The molecule has 0 atom stereocenters. The molecule has 0 radical (unpaired) electrons. The highest BCUT2D eigenvalue weighted by molar-refractivity contribution is 5.93. The summed E-state index contributed by atoms with van der Waals surface area (Å²) in [5, 5.41) is 3.29. The Morgan fingerprint density at radius 2 is 2.07 bits per heavy atom. The molecule has 3 heteroatoms. The van der Waals surface area contributed by atoms with E-state index in [1.807, 2.05) is 13.0 Å².